The van der Waals surface area contributed by atoms with Crippen molar-refractivity contribution < 1.29 is 14.7 Å². The molecule has 0 aromatic carbocycles. The van der Waals surface area contributed by atoms with E-state index in [0.29, 0.717) is 18.3 Å². The molecule has 98 valence electrons. The highest BCUT2D eigenvalue weighted by Gasteiger charge is 2.46. The highest BCUT2D eigenvalue weighted by Crippen LogP contribution is 2.44. The van der Waals surface area contributed by atoms with Gasteiger partial charge in [0.1, 0.15) is 11.9 Å². The lowest BCUT2D eigenvalue weighted by Gasteiger charge is -2.43. The Morgan fingerprint density at radius 1 is 1.44 bits per heavy atom. The zero-order valence-corrected chi connectivity index (χ0v) is 11.4. The van der Waals surface area contributed by atoms with E-state index in [4.69, 9.17) is 0 Å². The number of hydrogen-bond donors (Lipinski definition) is 1. The van der Waals surface area contributed by atoms with E-state index < -0.39 is 11.0 Å². The third kappa shape index (κ3) is 2.67. The quantitative estimate of drug-likeness (QED) is 0.474. The van der Waals surface area contributed by atoms with Gasteiger partial charge in [-0.2, -0.15) is 0 Å². The van der Waals surface area contributed by atoms with Crippen molar-refractivity contribution in [1.29, 1.82) is 0 Å². The number of allylic oxidation sites excluding steroid dienone is 4. The van der Waals surface area contributed by atoms with Crippen LogP contribution in [0.1, 0.15) is 34.1 Å². The minimum absolute atomic E-state index is 0.0377. The van der Waals surface area contributed by atoms with Crippen molar-refractivity contribution in [1.82, 2.24) is 0 Å². The van der Waals surface area contributed by atoms with Gasteiger partial charge in [-0.3, -0.25) is 9.59 Å². The minimum Gasteiger partial charge on any atom is -0.381 e. The summed E-state index contributed by atoms with van der Waals surface area (Å²) in [4.78, 5) is 21.9. The summed E-state index contributed by atoms with van der Waals surface area (Å²) in [5.74, 6) is 0.0377. The molecule has 1 rings (SSSR count). The molecule has 0 aliphatic heterocycles. The van der Waals surface area contributed by atoms with Crippen molar-refractivity contribution >= 4 is 12.1 Å². The summed E-state index contributed by atoms with van der Waals surface area (Å²) in [6.07, 6.45) is 7.32. The van der Waals surface area contributed by atoms with Gasteiger partial charge in [0.05, 0.1) is 0 Å². The molecule has 0 saturated carbocycles. The summed E-state index contributed by atoms with van der Waals surface area (Å²) in [6, 6.07) is 0. The number of aliphatic hydroxyl groups is 1. The van der Waals surface area contributed by atoms with Gasteiger partial charge in [0.15, 0.2) is 5.78 Å². The Bertz CT molecular complexity index is 452. The second-order valence-electron chi connectivity index (χ2n) is 5.50. The number of carbonyl (C=O) groups excluding carboxylic acids is 2. The SMILES string of the molecule is CC1=CC(=O)CC(C)(C)C1(O)/C=C/C(C)=C/C=O. The summed E-state index contributed by atoms with van der Waals surface area (Å²) >= 11 is 0. The third-order valence-electron chi connectivity index (χ3n) is 3.55. The van der Waals surface area contributed by atoms with Gasteiger partial charge >= 0.3 is 0 Å². The molecule has 0 aromatic heterocycles. The topological polar surface area (TPSA) is 54.4 Å². The maximum Gasteiger partial charge on any atom is 0.156 e. The molecule has 0 aromatic rings. The molecular weight excluding hydrogens is 228 g/mol. The van der Waals surface area contributed by atoms with Gasteiger partial charge in [-0.15, -0.1) is 0 Å². The first-order valence-corrected chi connectivity index (χ1v) is 5.98. The standard InChI is InChI=1S/C15H20O3/c1-11(6-8-16)5-7-15(18)12(2)9-13(17)10-14(15,3)4/h5-9,18H,10H2,1-4H3/b7-5+,11-6+. The number of carbonyl (C=O) groups is 2. The van der Waals surface area contributed by atoms with Crippen molar-refractivity contribution in [3.63, 3.8) is 0 Å². The van der Waals surface area contributed by atoms with Crippen molar-refractivity contribution in [2.45, 2.75) is 39.7 Å². The average Bonchev–Trinajstić information content (AvgIpc) is 2.23. The molecule has 3 nitrogen and oxygen atoms in total. The fraction of sp³-hybridized carbons (Fsp3) is 0.467. The molecule has 0 saturated heterocycles. The fourth-order valence-electron chi connectivity index (χ4n) is 2.28. The summed E-state index contributed by atoms with van der Waals surface area (Å²) in [6.45, 7) is 7.27. The van der Waals surface area contributed by atoms with Crippen LogP contribution in [0.5, 0.6) is 0 Å². The van der Waals surface area contributed by atoms with Crippen LogP contribution in [0, 0.1) is 5.41 Å². The van der Waals surface area contributed by atoms with E-state index in [0.717, 1.165) is 5.57 Å². The van der Waals surface area contributed by atoms with Crippen LogP contribution < -0.4 is 0 Å². The zero-order chi connectivity index (χ0) is 14.0. The van der Waals surface area contributed by atoms with Crippen LogP contribution in [0.25, 0.3) is 0 Å². The van der Waals surface area contributed by atoms with E-state index in [1.807, 2.05) is 13.8 Å². The molecule has 0 radical (unpaired) electrons. The molecule has 0 fully saturated rings. The molecule has 0 heterocycles. The van der Waals surface area contributed by atoms with Crippen LogP contribution in [0.2, 0.25) is 0 Å². The predicted molar refractivity (Wildman–Crippen MR) is 71.1 cm³/mol. The van der Waals surface area contributed by atoms with Gasteiger partial charge in [0.25, 0.3) is 0 Å². The monoisotopic (exact) mass is 248 g/mol. The van der Waals surface area contributed by atoms with Crippen LogP contribution in [-0.4, -0.2) is 22.8 Å². The van der Waals surface area contributed by atoms with Crippen LogP contribution in [0.3, 0.4) is 0 Å². The summed E-state index contributed by atoms with van der Waals surface area (Å²) < 4.78 is 0. The molecule has 0 amide bonds. The molecule has 1 unspecified atom stereocenters. The Labute approximate surface area is 108 Å². The Balaban J connectivity index is 3.17. The normalized spacial score (nSPS) is 28.4. The number of aldehydes is 1. The smallest absolute Gasteiger partial charge is 0.156 e. The summed E-state index contributed by atoms with van der Waals surface area (Å²) in [7, 11) is 0. The molecule has 1 aliphatic rings. The van der Waals surface area contributed by atoms with E-state index >= 15 is 0 Å². The maximum atomic E-state index is 11.5. The molecule has 18 heavy (non-hydrogen) atoms. The van der Waals surface area contributed by atoms with Crippen LogP contribution in [0.15, 0.2) is 35.5 Å². The Hall–Kier alpha value is -1.48. The van der Waals surface area contributed by atoms with Crippen molar-refractivity contribution in [3.05, 3.63) is 35.5 Å². The predicted octanol–water partition coefficient (Wildman–Crippen LogP) is 2.36. The zero-order valence-electron chi connectivity index (χ0n) is 11.4. The Kier molecular flexibility index (Phi) is 4.07. The second kappa shape index (κ2) is 5.02. The van der Waals surface area contributed by atoms with Crippen LogP contribution in [-0.2, 0) is 9.59 Å². The van der Waals surface area contributed by atoms with Crippen LogP contribution >= 0.6 is 0 Å². The van der Waals surface area contributed by atoms with Crippen molar-refractivity contribution in [2.24, 2.45) is 5.41 Å². The highest BCUT2D eigenvalue weighted by atomic mass is 16.3. The summed E-state index contributed by atoms with van der Waals surface area (Å²) in [5, 5.41) is 10.8. The maximum absolute atomic E-state index is 11.5. The first-order chi connectivity index (χ1) is 8.23. The first-order valence-electron chi connectivity index (χ1n) is 5.98. The van der Waals surface area contributed by atoms with Gasteiger partial charge < -0.3 is 5.11 Å². The first kappa shape index (κ1) is 14.6. The van der Waals surface area contributed by atoms with Crippen molar-refractivity contribution in [3.8, 4) is 0 Å². The van der Waals surface area contributed by atoms with E-state index in [9.17, 15) is 14.7 Å². The lowest BCUT2D eigenvalue weighted by atomic mass is 9.64. The molecular formula is C15H20O3. The average molecular weight is 248 g/mol. The largest absolute Gasteiger partial charge is 0.381 e. The Morgan fingerprint density at radius 3 is 2.56 bits per heavy atom. The lowest BCUT2D eigenvalue weighted by Crippen LogP contribution is -2.48. The third-order valence-corrected chi connectivity index (χ3v) is 3.55. The van der Waals surface area contributed by atoms with E-state index in [1.54, 1.807) is 26.0 Å². The fourth-order valence-corrected chi connectivity index (χ4v) is 2.28. The van der Waals surface area contributed by atoms with Gasteiger partial charge in [-0.25, -0.2) is 0 Å². The molecule has 0 bridgehead atoms. The Morgan fingerprint density at radius 2 is 2.06 bits per heavy atom. The molecule has 3 heteroatoms. The van der Waals surface area contributed by atoms with Gasteiger partial charge in [0, 0.05) is 11.8 Å². The highest BCUT2D eigenvalue weighted by molar-refractivity contribution is 5.92. The summed E-state index contributed by atoms with van der Waals surface area (Å²) in [5.41, 5.74) is -0.308. The molecule has 1 atom stereocenters. The number of rotatable bonds is 3. The molecule has 1 N–H and O–H groups in total. The van der Waals surface area contributed by atoms with Gasteiger partial charge in [0.2, 0.25) is 0 Å². The lowest BCUT2D eigenvalue weighted by molar-refractivity contribution is -0.121. The van der Waals surface area contributed by atoms with Crippen LogP contribution in [0.4, 0.5) is 0 Å². The van der Waals surface area contributed by atoms with E-state index in [1.165, 1.54) is 12.2 Å². The van der Waals surface area contributed by atoms with Gasteiger partial charge in [-0.05, 0) is 43.2 Å². The van der Waals surface area contributed by atoms with E-state index in [2.05, 4.69) is 0 Å². The second-order valence-corrected chi connectivity index (χ2v) is 5.50. The molecule has 1 aliphatic carbocycles. The molecule has 0 spiro atoms. The number of ketones is 1. The van der Waals surface area contributed by atoms with Crippen molar-refractivity contribution in [2.75, 3.05) is 0 Å². The number of hydrogen-bond acceptors (Lipinski definition) is 3. The van der Waals surface area contributed by atoms with Gasteiger partial charge in [-0.1, -0.05) is 19.9 Å². The van der Waals surface area contributed by atoms with E-state index in [-0.39, 0.29) is 5.78 Å². The minimum atomic E-state index is -1.15.